The van der Waals surface area contributed by atoms with E-state index >= 15 is 0 Å². The minimum absolute atomic E-state index is 0. The molecule has 0 fully saturated rings. The van der Waals surface area contributed by atoms with Gasteiger partial charge in [-0.2, -0.15) is 0 Å². The highest BCUT2D eigenvalue weighted by Crippen LogP contribution is 2.28. The van der Waals surface area contributed by atoms with Crippen molar-refractivity contribution in [2.75, 3.05) is 14.2 Å². The number of carbonyl (C=O) groups is 1. The third-order valence-electron chi connectivity index (χ3n) is 2.75. The number of carbonyl (C=O) groups excluding carboxylic acids is 1. The largest absolute Gasteiger partial charge is 0.480 e. The topological polar surface area (TPSA) is 74.4 Å². The summed E-state index contributed by atoms with van der Waals surface area (Å²) in [4.78, 5) is 16.0. The Labute approximate surface area is 131 Å². The van der Waals surface area contributed by atoms with Crippen molar-refractivity contribution in [2.45, 2.75) is 6.54 Å². The molecule has 108 valence electrons. The van der Waals surface area contributed by atoms with E-state index in [-0.39, 0.29) is 18.3 Å². The predicted octanol–water partition coefficient (Wildman–Crippen LogP) is 2.67. The Morgan fingerprint density at radius 3 is 2.60 bits per heavy atom. The van der Waals surface area contributed by atoms with Crippen molar-refractivity contribution in [1.82, 2.24) is 4.98 Å². The molecule has 1 aromatic carbocycles. The zero-order valence-corrected chi connectivity index (χ0v) is 13.4. The first-order valence-corrected chi connectivity index (χ1v) is 6.35. The molecule has 0 aliphatic heterocycles. The van der Waals surface area contributed by atoms with Gasteiger partial charge in [-0.1, -0.05) is 15.9 Å². The molecule has 0 atom stereocenters. The Hall–Kier alpha value is -1.37. The van der Waals surface area contributed by atoms with E-state index in [9.17, 15) is 4.79 Å². The molecular weight excluding hydrogens is 348 g/mol. The lowest BCUT2D eigenvalue weighted by Crippen LogP contribution is -2.07. The average Bonchev–Trinajstić information content (AvgIpc) is 2.43. The first-order chi connectivity index (χ1) is 9.10. The maximum absolute atomic E-state index is 11.7. The van der Waals surface area contributed by atoms with Crippen LogP contribution in [0.25, 0.3) is 10.9 Å². The van der Waals surface area contributed by atoms with E-state index in [2.05, 4.69) is 20.9 Å². The van der Waals surface area contributed by atoms with Crippen molar-refractivity contribution >= 4 is 45.2 Å². The number of nitrogens with zero attached hydrogens (tertiary/aromatic N) is 1. The molecule has 2 aromatic rings. The minimum Gasteiger partial charge on any atom is -0.480 e. The first-order valence-electron chi connectivity index (χ1n) is 5.56. The summed E-state index contributed by atoms with van der Waals surface area (Å²) in [5, 5.41) is 0.802. The predicted molar refractivity (Wildman–Crippen MR) is 82.5 cm³/mol. The van der Waals surface area contributed by atoms with E-state index in [4.69, 9.17) is 15.2 Å². The fraction of sp³-hybridized carbons (Fsp3) is 0.231. The quantitative estimate of drug-likeness (QED) is 0.851. The molecule has 1 aromatic heterocycles. The first kappa shape index (κ1) is 16.7. The Bertz CT molecular complexity index is 649. The smallest absolute Gasteiger partial charge is 0.343 e. The Kier molecular flexibility index (Phi) is 5.74. The van der Waals surface area contributed by atoms with Crippen LogP contribution >= 0.6 is 28.3 Å². The van der Waals surface area contributed by atoms with Crippen molar-refractivity contribution in [3.8, 4) is 5.88 Å². The van der Waals surface area contributed by atoms with Crippen molar-refractivity contribution in [2.24, 2.45) is 5.73 Å². The summed E-state index contributed by atoms with van der Waals surface area (Å²) in [5.74, 6) is -0.253. The number of halogens is 2. The lowest BCUT2D eigenvalue weighted by atomic mass is 10.1. The number of hydrogen-bond donors (Lipinski definition) is 1. The average molecular weight is 362 g/mol. The fourth-order valence-electron chi connectivity index (χ4n) is 1.87. The van der Waals surface area contributed by atoms with E-state index < -0.39 is 5.97 Å². The maximum Gasteiger partial charge on any atom is 0.343 e. The normalized spacial score (nSPS) is 10.0. The molecular formula is C13H14BrClN2O3. The molecule has 0 radical (unpaired) electrons. The van der Waals surface area contributed by atoms with Gasteiger partial charge in [-0.15, -0.1) is 12.4 Å². The van der Waals surface area contributed by atoms with Crippen LogP contribution in [0.15, 0.2) is 22.7 Å². The Morgan fingerprint density at radius 2 is 2.05 bits per heavy atom. The molecule has 2 N–H and O–H groups in total. The van der Waals surface area contributed by atoms with Crippen LogP contribution in [0.5, 0.6) is 5.88 Å². The van der Waals surface area contributed by atoms with Crippen molar-refractivity contribution in [3.63, 3.8) is 0 Å². The van der Waals surface area contributed by atoms with Gasteiger partial charge >= 0.3 is 5.97 Å². The molecule has 7 heteroatoms. The molecule has 0 saturated carbocycles. The summed E-state index contributed by atoms with van der Waals surface area (Å²) in [7, 11) is 2.78. The molecule has 0 spiro atoms. The maximum atomic E-state index is 11.7. The number of benzene rings is 1. The van der Waals surface area contributed by atoms with E-state index in [1.807, 2.05) is 12.1 Å². The highest BCUT2D eigenvalue weighted by atomic mass is 79.9. The molecule has 0 unspecified atom stereocenters. The highest BCUT2D eigenvalue weighted by Gasteiger charge is 2.17. The summed E-state index contributed by atoms with van der Waals surface area (Å²) < 4.78 is 10.7. The summed E-state index contributed by atoms with van der Waals surface area (Å²) >= 11 is 3.41. The van der Waals surface area contributed by atoms with E-state index in [0.717, 1.165) is 20.9 Å². The minimum atomic E-state index is -0.486. The van der Waals surface area contributed by atoms with Gasteiger partial charge in [0.15, 0.2) is 0 Å². The molecule has 1 heterocycles. The molecule has 0 aliphatic rings. The highest BCUT2D eigenvalue weighted by molar-refractivity contribution is 9.10. The molecule has 0 bridgehead atoms. The van der Waals surface area contributed by atoms with Crippen LogP contribution in [-0.2, 0) is 11.3 Å². The third-order valence-corrected chi connectivity index (χ3v) is 3.20. The van der Waals surface area contributed by atoms with Gasteiger partial charge in [-0.25, -0.2) is 9.78 Å². The zero-order chi connectivity index (χ0) is 14.0. The number of fused-ring (bicyclic) bond motifs is 1. The summed E-state index contributed by atoms with van der Waals surface area (Å²) in [6.07, 6.45) is 0. The van der Waals surface area contributed by atoms with Crippen LogP contribution in [0.4, 0.5) is 0 Å². The SMILES string of the molecule is COC(=O)c1cc2cc(Br)cc(CN)c2nc1OC.Cl. The van der Waals surface area contributed by atoms with Crippen LogP contribution < -0.4 is 10.5 Å². The van der Waals surface area contributed by atoms with Crippen molar-refractivity contribution in [3.05, 3.63) is 33.8 Å². The zero-order valence-electron chi connectivity index (χ0n) is 11.0. The number of methoxy groups -OCH3 is 2. The van der Waals surface area contributed by atoms with E-state index in [1.165, 1.54) is 14.2 Å². The molecule has 0 amide bonds. The third kappa shape index (κ3) is 3.03. The number of pyridine rings is 1. The molecule has 20 heavy (non-hydrogen) atoms. The Balaban J connectivity index is 0.00000200. The van der Waals surface area contributed by atoms with Crippen LogP contribution in [-0.4, -0.2) is 25.2 Å². The number of aromatic nitrogens is 1. The number of hydrogen-bond acceptors (Lipinski definition) is 5. The number of esters is 1. The van der Waals surface area contributed by atoms with Crippen LogP contribution in [0.2, 0.25) is 0 Å². The van der Waals surface area contributed by atoms with Gasteiger partial charge in [0.2, 0.25) is 5.88 Å². The Morgan fingerprint density at radius 1 is 1.35 bits per heavy atom. The fourth-order valence-corrected chi connectivity index (χ4v) is 2.39. The number of rotatable bonds is 3. The van der Waals surface area contributed by atoms with Gasteiger partial charge < -0.3 is 15.2 Å². The molecule has 0 aliphatic carbocycles. The summed E-state index contributed by atoms with van der Waals surface area (Å²) in [5.41, 5.74) is 7.59. The van der Waals surface area contributed by atoms with E-state index in [1.54, 1.807) is 6.07 Å². The van der Waals surface area contributed by atoms with E-state index in [0.29, 0.717) is 12.1 Å². The standard InChI is InChI=1S/C13H13BrN2O3.ClH/c1-18-12-10(13(17)19-2)5-7-3-9(14)4-8(6-15)11(7)16-12;/h3-5H,6,15H2,1-2H3;1H. The second kappa shape index (κ2) is 6.88. The lowest BCUT2D eigenvalue weighted by Gasteiger charge is -2.10. The van der Waals surface area contributed by atoms with Crippen molar-refractivity contribution < 1.29 is 14.3 Å². The monoisotopic (exact) mass is 360 g/mol. The van der Waals surface area contributed by atoms with Gasteiger partial charge in [0, 0.05) is 16.4 Å². The van der Waals surface area contributed by atoms with Gasteiger partial charge in [-0.05, 0) is 23.8 Å². The summed E-state index contributed by atoms with van der Waals surface area (Å²) in [6.45, 7) is 0.351. The van der Waals surface area contributed by atoms with Gasteiger partial charge in [-0.3, -0.25) is 0 Å². The van der Waals surface area contributed by atoms with Crippen LogP contribution in [0.3, 0.4) is 0 Å². The molecule has 5 nitrogen and oxygen atoms in total. The molecule has 2 rings (SSSR count). The van der Waals surface area contributed by atoms with Crippen molar-refractivity contribution in [1.29, 1.82) is 0 Å². The van der Waals surface area contributed by atoms with Gasteiger partial charge in [0.25, 0.3) is 0 Å². The summed E-state index contributed by atoms with van der Waals surface area (Å²) in [6, 6.07) is 5.46. The lowest BCUT2D eigenvalue weighted by molar-refractivity contribution is 0.0596. The van der Waals surface area contributed by atoms with Crippen LogP contribution in [0.1, 0.15) is 15.9 Å². The molecule has 0 saturated heterocycles. The van der Waals surface area contributed by atoms with Gasteiger partial charge in [0.1, 0.15) is 5.56 Å². The number of ether oxygens (including phenoxy) is 2. The van der Waals surface area contributed by atoms with Crippen LogP contribution in [0, 0.1) is 0 Å². The second-order valence-corrected chi connectivity index (χ2v) is 4.79. The second-order valence-electron chi connectivity index (χ2n) is 3.88. The number of nitrogens with two attached hydrogens (primary N) is 1. The van der Waals surface area contributed by atoms with Gasteiger partial charge in [0.05, 0.1) is 19.7 Å².